The fourth-order valence-corrected chi connectivity index (χ4v) is 1.86. The van der Waals surface area contributed by atoms with Crippen LogP contribution in [0.4, 0.5) is 0 Å². The van der Waals surface area contributed by atoms with Gasteiger partial charge < -0.3 is 0 Å². The minimum Gasteiger partial charge on any atom is -0.264 e. The first-order valence-electron chi connectivity index (χ1n) is 6.66. The molecule has 2 rings (SSSR count). The largest absolute Gasteiger partial charge is 0.305 e. The van der Waals surface area contributed by atoms with Crippen LogP contribution in [-0.4, -0.2) is 5.91 Å². The van der Waals surface area contributed by atoms with E-state index in [4.69, 9.17) is 0 Å². The summed E-state index contributed by atoms with van der Waals surface area (Å²) < 4.78 is 1.65. The van der Waals surface area contributed by atoms with Gasteiger partial charge in [0.05, 0.1) is 0 Å². The first-order chi connectivity index (χ1) is 9.29. The molecule has 0 aliphatic heterocycles. The van der Waals surface area contributed by atoms with E-state index >= 15 is 0 Å². The van der Waals surface area contributed by atoms with Crippen molar-refractivity contribution >= 4 is 5.91 Å². The molecule has 1 amide bonds. The Hall–Kier alpha value is -2.16. The first kappa shape index (κ1) is 13.3. The number of hydrogen-bond donors (Lipinski definition) is 1. The highest BCUT2D eigenvalue weighted by atomic mass is 16.2. The molecule has 0 atom stereocenters. The second kappa shape index (κ2) is 6.69. The van der Waals surface area contributed by atoms with E-state index in [0.717, 1.165) is 6.42 Å². The van der Waals surface area contributed by atoms with E-state index in [1.165, 1.54) is 18.4 Å². The molecule has 19 heavy (non-hydrogen) atoms. The lowest BCUT2D eigenvalue weighted by atomic mass is 10.1. The van der Waals surface area contributed by atoms with E-state index < -0.39 is 0 Å². The molecule has 3 nitrogen and oxygen atoms in total. The number of rotatable bonds is 5. The maximum Gasteiger partial charge on any atom is 0.305 e. The molecule has 1 N–H and O–H groups in total. The molecule has 3 heteroatoms. The van der Waals surface area contributed by atoms with Crippen LogP contribution in [0.3, 0.4) is 0 Å². The van der Waals surface area contributed by atoms with Gasteiger partial charge in [0.25, 0.3) is 0 Å². The number of benzene rings is 1. The SMILES string of the molecule is CCCCc1ccc(C(=O)N[n+]2ccccc2)cc1. The van der Waals surface area contributed by atoms with Crippen molar-refractivity contribution in [1.82, 2.24) is 0 Å². The van der Waals surface area contributed by atoms with Crippen molar-refractivity contribution in [3.8, 4) is 0 Å². The zero-order valence-electron chi connectivity index (χ0n) is 11.2. The Morgan fingerprint density at radius 3 is 2.42 bits per heavy atom. The number of hydrogen-bond acceptors (Lipinski definition) is 1. The summed E-state index contributed by atoms with van der Waals surface area (Å²) in [6.07, 6.45) is 7.05. The summed E-state index contributed by atoms with van der Waals surface area (Å²) in [7, 11) is 0. The highest BCUT2D eigenvalue weighted by Crippen LogP contribution is 2.07. The van der Waals surface area contributed by atoms with Crippen molar-refractivity contribution in [3.05, 3.63) is 66.0 Å². The van der Waals surface area contributed by atoms with Gasteiger partial charge in [-0.2, -0.15) is 0 Å². The molecule has 0 unspecified atom stereocenters. The number of unbranched alkanes of at least 4 members (excludes halogenated alkanes) is 1. The van der Waals surface area contributed by atoms with E-state index in [0.29, 0.717) is 5.56 Å². The molecule has 2 aromatic rings. The Kier molecular flexibility index (Phi) is 4.67. The zero-order valence-corrected chi connectivity index (χ0v) is 11.2. The fourth-order valence-electron chi connectivity index (χ4n) is 1.86. The quantitative estimate of drug-likeness (QED) is 0.819. The van der Waals surface area contributed by atoms with Gasteiger partial charge >= 0.3 is 5.91 Å². The molecule has 1 heterocycles. The van der Waals surface area contributed by atoms with Gasteiger partial charge in [-0.3, -0.25) is 4.79 Å². The Labute approximate surface area is 113 Å². The Bertz CT molecular complexity index is 520. The molecule has 0 fully saturated rings. The summed E-state index contributed by atoms with van der Waals surface area (Å²) in [6, 6.07) is 13.5. The topological polar surface area (TPSA) is 33.0 Å². The summed E-state index contributed by atoms with van der Waals surface area (Å²) in [5, 5.41) is 0. The smallest absolute Gasteiger partial charge is 0.264 e. The van der Waals surface area contributed by atoms with Crippen LogP contribution in [0.25, 0.3) is 0 Å². The minimum absolute atomic E-state index is 0.0989. The molecule has 0 aliphatic rings. The highest BCUT2D eigenvalue weighted by Gasteiger charge is 2.09. The average molecular weight is 255 g/mol. The van der Waals surface area contributed by atoms with Gasteiger partial charge in [0, 0.05) is 17.7 Å². The van der Waals surface area contributed by atoms with Gasteiger partial charge in [0.2, 0.25) is 0 Å². The van der Waals surface area contributed by atoms with Crippen LogP contribution in [0.1, 0.15) is 35.7 Å². The highest BCUT2D eigenvalue weighted by molar-refractivity contribution is 5.98. The molecule has 0 spiro atoms. The van der Waals surface area contributed by atoms with Crippen molar-refractivity contribution in [2.45, 2.75) is 26.2 Å². The number of carbonyl (C=O) groups excluding carboxylic acids is 1. The van der Waals surface area contributed by atoms with Gasteiger partial charge in [-0.05, 0) is 30.5 Å². The van der Waals surface area contributed by atoms with Crippen molar-refractivity contribution < 1.29 is 9.47 Å². The molecule has 98 valence electrons. The number of aromatic nitrogens is 1. The van der Waals surface area contributed by atoms with Crippen molar-refractivity contribution in [3.63, 3.8) is 0 Å². The van der Waals surface area contributed by atoms with E-state index in [-0.39, 0.29) is 5.91 Å². The fraction of sp³-hybridized carbons (Fsp3) is 0.250. The van der Waals surface area contributed by atoms with Crippen LogP contribution in [0, 0.1) is 0 Å². The van der Waals surface area contributed by atoms with Gasteiger partial charge in [-0.1, -0.05) is 36.2 Å². The van der Waals surface area contributed by atoms with E-state index in [1.54, 1.807) is 17.1 Å². The number of nitrogens with one attached hydrogen (secondary N) is 1. The maximum atomic E-state index is 12.0. The third-order valence-electron chi connectivity index (χ3n) is 2.98. The van der Waals surface area contributed by atoms with Crippen LogP contribution in [0.15, 0.2) is 54.9 Å². The third kappa shape index (κ3) is 3.91. The molecule has 0 radical (unpaired) electrons. The monoisotopic (exact) mass is 255 g/mol. The number of aryl methyl sites for hydroxylation is 1. The predicted molar refractivity (Wildman–Crippen MR) is 75.4 cm³/mol. The van der Waals surface area contributed by atoms with Gasteiger partial charge in [-0.25, -0.2) is 0 Å². The maximum absolute atomic E-state index is 12.0. The minimum atomic E-state index is -0.0989. The van der Waals surface area contributed by atoms with Crippen LogP contribution >= 0.6 is 0 Å². The summed E-state index contributed by atoms with van der Waals surface area (Å²) in [5.74, 6) is -0.0989. The molecule has 0 aliphatic carbocycles. The Morgan fingerprint density at radius 2 is 1.79 bits per heavy atom. The molecule has 1 aromatic heterocycles. The Morgan fingerprint density at radius 1 is 1.11 bits per heavy atom. The second-order valence-electron chi connectivity index (χ2n) is 4.52. The lowest BCUT2D eigenvalue weighted by Gasteiger charge is -2.02. The molecule has 0 saturated carbocycles. The van der Waals surface area contributed by atoms with Crippen molar-refractivity contribution in [1.29, 1.82) is 0 Å². The Balaban J connectivity index is 1.99. The van der Waals surface area contributed by atoms with Gasteiger partial charge in [0.15, 0.2) is 12.4 Å². The predicted octanol–water partition coefficient (Wildman–Crippen LogP) is 2.70. The van der Waals surface area contributed by atoms with Crippen LogP contribution in [0.2, 0.25) is 0 Å². The number of nitrogens with zero attached hydrogens (tertiary/aromatic N) is 1. The summed E-state index contributed by atoms with van der Waals surface area (Å²) in [4.78, 5) is 12.0. The standard InChI is InChI=1S/C16H18N2O/c1-2-3-7-14-8-10-15(11-9-14)16(19)17-18-12-5-4-6-13-18/h4-6,8-13H,2-3,7H2,1H3/p+1. The zero-order chi connectivity index (χ0) is 13.5. The van der Waals surface area contributed by atoms with Crippen LogP contribution < -0.4 is 10.1 Å². The first-order valence-corrected chi connectivity index (χ1v) is 6.66. The van der Waals surface area contributed by atoms with Gasteiger partial charge in [0.1, 0.15) is 0 Å². The van der Waals surface area contributed by atoms with E-state index in [2.05, 4.69) is 12.3 Å². The third-order valence-corrected chi connectivity index (χ3v) is 2.98. The number of carbonyl (C=O) groups is 1. The number of amides is 1. The lowest BCUT2D eigenvalue weighted by molar-refractivity contribution is -0.641. The normalized spacial score (nSPS) is 10.2. The van der Waals surface area contributed by atoms with Crippen LogP contribution in [-0.2, 0) is 6.42 Å². The summed E-state index contributed by atoms with van der Waals surface area (Å²) in [6.45, 7) is 2.18. The van der Waals surface area contributed by atoms with E-state index in [9.17, 15) is 4.79 Å². The molecule has 0 bridgehead atoms. The van der Waals surface area contributed by atoms with Crippen molar-refractivity contribution in [2.75, 3.05) is 5.43 Å². The second-order valence-corrected chi connectivity index (χ2v) is 4.52. The molecule has 1 aromatic carbocycles. The van der Waals surface area contributed by atoms with Crippen LogP contribution in [0.5, 0.6) is 0 Å². The molecular formula is C16H19N2O+. The van der Waals surface area contributed by atoms with E-state index in [1.807, 2.05) is 42.5 Å². The number of pyridine rings is 1. The summed E-state index contributed by atoms with van der Waals surface area (Å²) in [5.41, 5.74) is 4.76. The molecule has 0 saturated heterocycles. The molecular weight excluding hydrogens is 236 g/mol. The lowest BCUT2D eigenvalue weighted by Crippen LogP contribution is -2.47. The summed E-state index contributed by atoms with van der Waals surface area (Å²) >= 11 is 0. The van der Waals surface area contributed by atoms with Gasteiger partial charge in [-0.15, -0.1) is 5.43 Å². The van der Waals surface area contributed by atoms with Crippen molar-refractivity contribution in [2.24, 2.45) is 0 Å². The average Bonchev–Trinajstić information content (AvgIpc) is 2.46.